The van der Waals surface area contributed by atoms with Gasteiger partial charge in [-0.25, -0.2) is 8.78 Å². The molecule has 21 heavy (non-hydrogen) atoms. The van der Waals surface area contributed by atoms with Gasteiger partial charge in [0.05, 0.1) is 5.56 Å². The van der Waals surface area contributed by atoms with Gasteiger partial charge >= 0.3 is 0 Å². The predicted octanol–water partition coefficient (Wildman–Crippen LogP) is 1.88. The molecule has 1 aliphatic rings. The van der Waals surface area contributed by atoms with E-state index in [1.165, 1.54) is 4.90 Å². The summed E-state index contributed by atoms with van der Waals surface area (Å²) in [6.45, 7) is 2.71. The first-order valence-electron chi connectivity index (χ1n) is 6.69. The second-order valence-electron chi connectivity index (χ2n) is 5.29. The Balaban J connectivity index is 2.26. The number of amides is 1. The number of phenols is 1. The number of aromatic hydroxyl groups is 1. The maximum atomic E-state index is 13.8. The van der Waals surface area contributed by atoms with E-state index in [-0.39, 0.29) is 12.0 Å². The average Bonchev–Trinajstić information content (AvgIpc) is 2.48. The SMILES string of the molecule is CNC1CCN(C(=O)c2cc(F)c(F)c(O)c2F)CC1C. The van der Waals surface area contributed by atoms with Crippen molar-refractivity contribution in [2.45, 2.75) is 19.4 Å². The van der Waals surface area contributed by atoms with Crippen LogP contribution >= 0.6 is 0 Å². The van der Waals surface area contributed by atoms with Gasteiger partial charge in [0.15, 0.2) is 17.4 Å². The van der Waals surface area contributed by atoms with Gasteiger partial charge in [0.1, 0.15) is 0 Å². The van der Waals surface area contributed by atoms with Crippen molar-refractivity contribution in [3.8, 4) is 5.75 Å². The number of piperidine rings is 1. The van der Waals surface area contributed by atoms with Crippen LogP contribution in [0, 0.1) is 23.4 Å². The number of likely N-dealkylation sites (tertiary alicyclic amines) is 1. The molecule has 1 aromatic carbocycles. The van der Waals surface area contributed by atoms with E-state index in [0.717, 1.165) is 0 Å². The predicted molar refractivity (Wildman–Crippen MR) is 70.5 cm³/mol. The number of hydrogen-bond acceptors (Lipinski definition) is 3. The fraction of sp³-hybridized carbons (Fsp3) is 0.500. The molecule has 0 saturated carbocycles. The van der Waals surface area contributed by atoms with E-state index in [1.807, 2.05) is 14.0 Å². The molecule has 4 nitrogen and oxygen atoms in total. The van der Waals surface area contributed by atoms with Crippen LogP contribution in [0.2, 0.25) is 0 Å². The molecule has 1 amide bonds. The number of benzene rings is 1. The van der Waals surface area contributed by atoms with Crippen molar-refractivity contribution >= 4 is 5.91 Å². The molecule has 7 heteroatoms. The zero-order chi connectivity index (χ0) is 15.7. The Morgan fingerprint density at radius 1 is 1.38 bits per heavy atom. The van der Waals surface area contributed by atoms with E-state index in [9.17, 15) is 23.1 Å². The molecule has 1 fully saturated rings. The number of carbonyl (C=O) groups excluding carboxylic acids is 1. The van der Waals surface area contributed by atoms with Crippen LogP contribution in [0.4, 0.5) is 13.2 Å². The molecular formula is C14H17F3N2O2. The molecule has 0 bridgehead atoms. The van der Waals surface area contributed by atoms with Crippen LogP contribution in [-0.4, -0.2) is 42.1 Å². The lowest BCUT2D eigenvalue weighted by atomic mass is 9.93. The minimum absolute atomic E-state index is 0.148. The quantitative estimate of drug-likeness (QED) is 0.820. The third kappa shape index (κ3) is 2.83. The molecule has 2 unspecified atom stereocenters. The van der Waals surface area contributed by atoms with E-state index in [1.54, 1.807) is 0 Å². The lowest BCUT2D eigenvalue weighted by Crippen LogP contribution is -2.49. The summed E-state index contributed by atoms with van der Waals surface area (Å²) < 4.78 is 40.1. The smallest absolute Gasteiger partial charge is 0.257 e. The molecule has 0 aliphatic carbocycles. The van der Waals surface area contributed by atoms with Gasteiger partial charge in [-0.05, 0) is 25.5 Å². The number of nitrogens with zero attached hydrogens (tertiary/aromatic N) is 1. The molecule has 1 saturated heterocycles. The molecule has 1 aromatic rings. The minimum atomic E-state index is -1.69. The summed E-state index contributed by atoms with van der Waals surface area (Å²) in [6.07, 6.45) is 0.681. The molecule has 0 radical (unpaired) electrons. The van der Waals surface area contributed by atoms with Crippen LogP contribution in [0.5, 0.6) is 5.75 Å². The van der Waals surface area contributed by atoms with Crippen molar-refractivity contribution in [1.29, 1.82) is 0 Å². The zero-order valence-electron chi connectivity index (χ0n) is 11.8. The fourth-order valence-corrected chi connectivity index (χ4v) is 2.68. The Morgan fingerprint density at radius 2 is 2.05 bits per heavy atom. The third-order valence-corrected chi connectivity index (χ3v) is 3.93. The lowest BCUT2D eigenvalue weighted by molar-refractivity contribution is 0.0643. The van der Waals surface area contributed by atoms with Crippen molar-refractivity contribution in [1.82, 2.24) is 10.2 Å². The summed E-state index contributed by atoms with van der Waals surface area (Å²) in [5.74, 6) is -6.63. The molecule has 2 N–H and O–H groups in total. The molecule has 2 atom stereocenters. The van der Waals surface area contributed by atoms with Crippen LogP contribution in [0.15, 0.2) is 6.07 Å². The average molecular weight is 302 g/mol. The highest BCUT2D eigenvalue weighted by Crippen LogP contribution is 2.28. The van der Waals surface area contributed by atoms with Crippen LogP contribution in [0.25, 0.3) is 0 Å². The Hall–Kier alpha value is -1.76. The fourth-order valence-electron chi connectivity index (χ4n) is 2.68. The molecule has 1 aliphatic heterocycles. The number of rotatable bonds is 2. The highest BCUT2D eigenvalue weighted by Gasteiger charge is 2.31. The molecular weight excluding hydrogens is 285 g/mol. The van der Waals surface area contributed by atoms with E-state index in [2.05, 4.69) is 5.32 Å². The molecule has 1 heterocycles. The monoisotopic (exact) mass is 302 g/mol. The molecule has 0 spiro atoms. The standard InChI is InChI=1S/C14H17F3N2O2/c1-7-6-19(4-3-10(7)18-2)14(21)8-5-9(15)12(17)13(20)11(8)16/h5,7,10,18,20H,3-4,6H2,1-2H3. The zero-order valence-corrected chi connectivity index (χ0v) is 11.8. The van der Waals surface area contributed by atoms with Crippen molar-refractivity contribution in [3.05, 3.63) is 29.1 Å². The minimum Gasteiger partial charge on any atom is -0.503 e. The highest BCUT2D eigenvalue weighted by molar-refractivity contribution is 5.95. The Labute approximate surface area is 120 Å². The first kappa shape index (κ1) is 15.6. The summed E-state index contributed by atoms with van der Waals surface area (Å²) in [5.41, 5.74) is -0.651. The maximum Gasteiger partial charge on any atom is 0.257 e. The molecule has 2 rings (SSSR count). The highest BCUT2D eigenvalue weighted by atomic mass is 19.2. The first-order valence-corrected chi connectivity index (χ1v) is 6.69. The topological polar surface area (TPSA) is 52.6 Å². The summed E-state index contributed by atoms with van der Waals surface area (Å²) in [6, 6.07) is 0.735. The van der Waals surface area contributed by atoms with Crippen molar-refractivity contribution in [2.24, 2.45) is 5.92 Å². The van der Waals surface area contributed by atoms with E-state index < -0.39 is 34.7 Å². The van der Waals surface area contributed by atoms with E-state index in [0.29, 0.717) is 25.6 Å². The second kappa shape index (κ2) is 5.93. The summed E-state index contributed by atoms with van der Waals surface area (Å²) in [5, 5.41) is 12.3. The van der Waals surface area contributed by atoms with Gasteiger partial charge in [0.2, 0.25) is 5.82 Å². The van der Waals surface area contributed by atoms with Crippen molar-refractivity contribution in [3.63, 3.8) is 0 Å². The summed E-state index contributed by atoms with van der Waals surface area (Å²) in [4.78, 5) is 13.6. The van der Waals surface area contributed by atoms with Gasteiger partial charge in [-0.15, -0.1) is 0 Å². The van der Waals surface area contributed by atoms with Gasteiger partial charge in [-0.3, -0.25) is 4.79 Å². The Kier molecular flexibility index (Phi) is 4.41. The number of nitrogens with one attached hydrogen (secondary N) is 1. The Bertz CT molecular complexity index is 566. The largest absolute Gasteiger partial charge is 0.503 e. The molecule has 0 aromatic heterocycles. The number of hydrogen-bond donors (Lipinski definition) is 2. The number of carbonyl (C=O) groups is 1. The van der Waals surface area contributed by atoms with Crippen LogP contribution in [0.1, 0.15) is 23.7 Å². The third-order valence-electron chi connectivity index (χ3n) is 3.93. The van der Waals surface area contributed by atoms with Crippen molar-refractivity contribution < 1.29 is 23.1 Å². The summed E-state index contributed by atoms with van der Waals surface area (Å²) >= 11 is 0. The Morgan fingerprint density at radius 3 is 2.62 bits per heavy atom. The first-order chi connectivity index (χ1) is 9.86. The van der Waals surface area contributed by atoms with Gasteiger partial charge in [0, 0.05) is 19.1 Å². The van der Waals surface area contributed by atoms with Gasteiger partial charge in [-0.2, -0.15) is 4.39 Å². The van der Waals surface area contributed by atoms with E-state index in [4.69, 9.17) is 0 Å². The van der Waals surface area contributed by atoms with Crippen LogP contribution in [-0.2, 0) is 0 Å². The van der Waals surface area contributed by atoms with E-state index >= 15 is 0 Å². The number of halogens is 3. The normalized spacial score (nSPS) is 22.4. The van der Waals surface area contributed by atoms with Gasteiger partial charge in [-0.1, -0.05) is 6.92 Å². The van der Waals surface area contributed by atoms with Crippen LogP contribution in [0.3, 0.4) is 0 Å². The van der Waals surface area contributed by atoms with Crippen molar-refractivity contribution in [2.75, 3.05) is 20.1 Å². The lowest BCUT2D eigenvalue weighted by Gasteiger charge is -2.36. The number of phenolic OH excluding ortho intramolecular Hbond substituents is 1. The second-order valence-corrected chi connectivity index (χ2v) is 5.29. The van der Waals surface area contributed by atoms with Gasteiger partial charge in [0.25, 0.3) is 5.91 Å². The van der Waals surface area contributed by atoms with Gasteiger partial charge < -0.3 is 15.3 Å². The summed E-state index contributed by atoms with van der Waals surface area (Å²) in [7, 11) is 1.83. The molecule has 116 valence electrons. The van der Waals surface area contributed by atoms with Crippen LogP contribution < -0.4 is 5.32 Å². The maximum absolute atomic E-state index is 13.8.